The lowest BCUT2D eigenvalue weighted by atomic mass is 10.0. The van der Waals surface area contributed by atoms with Crippen molar-refractivity contribution in [3.8, 4) is 0 Å². The van der Waals surface area contributed by atoms with Gasteiger partial charge in [-0.25, -0.2) is 0 Å². The van der Waals surface area contributed by atoms with Crippen LogP contribution in [0.1, 0.15) is 43.0 Å². The van der Waals surface area contributed by atoms with Gasteiger partial charge in [0.25, 0.3) is 0 Å². The lowest BCUT2D eigenvalue weighted by Gasteiger charge is -2.42. The zero-order chi connectivity index (χ0) is 13.4. The largest absolute Gasteiger partial charge is 0.324 e. The third kappa shape index (κ3) is 2.31. The molecule has 0 aromatic heterocycles. The van der Waals surface area contributed by atoms with Gasteiger partial charge in [-0.05, 0) is 31.0 Å². The number of nitrogens with two attached hydrogens (primary N) is 1. The zero-order valence-electron chi connectivity index (χ0n) is 12.0. The van der Waals surface area contributed by atoms with E-state index in [2.05, 4.69) is 48.0 Å². The molecule has 3 rings (SSSR count). The smallest absolute Gasteiger partial charge is 0.0370 e. The van der Waals surface area contributed by atoms with Crippen molar-refractivity contribution in [2.75, 3.05) is 26.7 Å². The second-order valence-corrected chi connectivity index (χ2v) is 6.02. The number of fused-ring (bicyclic) bond motifs is 1. The van der Waals surface area contributed by atoms with Gasteiger partial charge in [0.15, 0.2) is 0 Å². The molecule has 1 aliphatic heterocycles. The molecule has 0 spiro atoms. The van der Waals surface area contributed by atoms with Crippen molar-refractivity contribution < 1.29 is 0 Å². The molecule has 0 amide bonds. The molecule has 2 aliphatic rings. The molecule has 0 radical (unpaired) electrons. The van der Waals surface area contributed by atoms with E-state index in [1.165, 1.54) is 37.2 Å². The molecule has 2 N–H and O–H groups in total. The summed E-state index contributed by atoms with van der Waals surface area (Å²) in [5.74, 6) is 0. The zero-order valence-corrected chi connectivity index (χ0v) is 12.0. The van der Waals surface area contributed by atoms with Gasteiger partial charge >= 0.3 is 0 Å². The van der Waals surface area contributed by atoms with Crippen LogP contribution in [0.25, 0.3) is 0 Å². The van der Waals surface area contributed by atoms with Crippen LogP contribution in [-0.2, 0) is 0 Å². The molecule has 104 valence electrons. The summed E-state index contributed by atoms with van der Waals surface area (Å²) in [6.45, 7) is 5.81. The van der Waals surface area contributed by atoms with Crippen LogP contribution in [0.15, 0.2) is 24.3 Å². The fourth-order valence-corrected chi connectivity index (χ4v) is 3.69. The van der Waals surface area contributed by atoms with Crippen molar-refractivity contribution in [2.24, 2.45) is 5.73 Å². The summed E-state index contributed by atoms with van der Waals surface area (Å²) >= 11 is 0. The van der Waals surface area contributed by atoms with E-state index >= 15 is 0 Å². The Morgan fingerprint density at radius 3 is 2.68 bits per heavy atom. The van der Waals surface area contributed by atoms with Crippen LogP contribution in [0.3, 0.4) is 0 Å². The van der Waals surface area contributed by atoms with Gasteiger partial charge in [-0.15, -0.1) is 0 Å². The number of piperazine rings is 1. The first kappa shape index (κ1) is 13.1. The maximum Gasteiger partial charge on any atom is 0.0370 e. The van der Waals surface area contributed by atoms with Gasteiger partial charge in [0.05, 0.1) is 0 Å². The van der Waals surface area contributed by atoms with Gasteiger partial charge < -0.3 is 10.6 Å². The number of benzene rings is 1. The van der Waals surface area contributed by atoms with Gasteiger partial charge in [-0.3, -0.25) is 4.90 Å². The van der Waals surface area contributed by atoms with Crippen LogP contribution < -0.4 is 5.73 Å². The number of rotatable bonds is 2. The Labute approximate surface area is 116 Å². The summed E-state index contributed by atoms with van der Waals surface area (Å²) < 4.78 is 0. The lowest BCUT2D eigenvalue weighted by Crippen LogP contribution is -2.51. The molecular weight excluding hydrogens is 234 g/mol. The average molecular weight is 259 g/mol. The van der Waals surface area contributed by atoms with Crippen LogP contribution in [0, 0.1) is 0 Å². The van der Waals surface area contributed by atoms with Gasteiger partial charge in [-0.1, -0.05) is 31.2 Å². The Morgan fingerprint density at radius 1 is 1.21 bits per heavy atom. The second kappa shape index (κ2) is 5.23. The molecule has 1 heterocycles. The predicted octanol–water partition coefficient (Wildman–Crippen LogP) is 2.16. The summed E-state index contributed by atoms with van der Waals surface area (Å²) in [5, 5.41) is 0. The monoisotopic (exact) mass is 259 g/mol. The Balaban J connectivity index is 1.81. The summed E-state index contributed by atoms with van der Waals surface area (Å²) in [5.41, 5.74) is 9.13. The summed E-state index contributed by atoms with van der Waals surface area (Å²) in [6.07, 6.45) is 2.31. The first-order valence-corrected chi connectivity index (χ1v) is 7.49. The van der Waals surface area contributed by atoms with Crippen molar-refractivity contribution >= 4 is 0 Å². The summed E-state index contributed by atoms with van der Waals surface area (Å²) in [7, 11) is 2.25. The number of likely N-dealkylation sites (N-methyl/N-ethyl adjacent to an activating group) is 1. The van der Waals surface area contributed by atoms with E-state index in [1.807, 2.05) is 0 Å². The van der Waals surface area contributed by atoms with Crippen molar-refractivity contribution in [3.63, 3.8) is 0 Å². The van der Waals surface area contributed by atoms with Crippen molar-refractivity contribution in [3.05, 3.63) is 35.4 Å². The molecule has 3 nitrogen and oxygen atoms in total. The van der Waals surface area contributed by atoms with Crippen molar-refractivity contribution in [1.29, 1.82) is 0 Å². The van der Waals surface area contributed by atoms with Crippen LogP contribution in [0.2, 0.25) is 0 Å². The van der Waals surface area contributed by atoms with E-state index in [0.29, 0.717) is 12.1 Å². The molecule has 1 aliphatic carbocycles. The molecule has 3 atom stereocenters. The van der Waals surface area contributed by atoms with Gasteiger partial charge in [0.2, 0.25) is 0 Å². The SMILES string of the molecule is CCC1CN(C2CC(N)c3ccccc32)CCN1C. The van der Waals surface area contributed by atoms with E-state index in [4.69, 9.17) is 5.73 Å². The maximum absolute atomic E-state index is 6.30. The lowest BCUT2D eigenvalue weighted by molar-refractivity contribution is 0.0608. The standard InChI is InChI=1S/C16H25N3/c1-3-12-11-19(9-8-18(12)2)16-10-15(17)13-6-4-5-7-14(13)16/h4-7,12,15-16H,3,8-11,17H2,1-2H3. The highest BCUT2D eigenvalue weighted by molar-refractivity contribution is 5.37. The molecule has 0 bridgehead atoms. The molecule has 1 aromatic rings. The Bertz CT molecular complexity index is 445. The van der Waals surface area contributed by atoms with Gasteiger partial charge in [0, 0.05) is 37.8 Å². The normalized spacial score (nSPS) is 32.5. The molecule has 1 fully saturated rings. The Morgan fingerprint density at radius 2 is 1.95 bits per heavy atom. The van der Waals surface area contributed by atoms with Crippen LogP contribution >= 0.6 is 0 Å². The first-order chi connectivity index (χ1) is 9.20. The Hall–Kier alpha value is -0.900. The van der Waals surface area contributed by atoms with E-state index in [-0.39, 0.29) is 6.04 Å². The minimum Gasteiger partial charge on any atom is -0.324 e. The van der Waals surface area contributed by atoms with Crippen molar-refractivity contribution in [1.82, 2.24) is 9.80 Å². The van der Waals surface area contributed by atoms with Crippen LogP contribution in [0.5, 0.6) is 0 Å². The molecular formula is C16H25N3. The molecule has 1 saturated heterocycles. The van der Waals surface area contributed by atoms with Crippen LogP contribution in [0.4, 0.5) is 0 Å². The fraction of sp³-hybridized carbons (Fsp3) is 0.625. The molecule has 19 heavy (non-hydrogen) atoms. The number of nitrogens with zero attached hydrogens (tertiary/aromatic N) is 2. The second-order valence-electron chi connectivity index (χ2n) is 6.02. The van der Waals surface area contributed by atoms with Gasteiger partial charge in [0.1, 0.15) is 0 Å². The van der Waals surface area contributed by atoms with Crippen molar-refractivity contribution in [2.45, 2.75) is 37.9 Å². The van der Waals surface area contributed by atoms with E-state index in [9.17, 15) is 0 Å². The average Bonchev–Trinajstić information content (AvgIpc) is 2.77. The molecule has 1 aromatic carbocycles. The minimum atomic E-state index is 0.223. The fourth-order valence-electron chi connectivity index (χ4n) is 3.69. The quantitative estimate of drug-likeness (QED) is 0.883. The van der Waals surface area contributed by atoms with Gasteiger partial charge in [-0.2, -0.15) is 0 Å². The highest BCUT2D eigenvalue weighted by Crippen LogP contribution is 2.41. The minimum absolute atomic E-state index is 0.223. The topological polar surface area (TPSA) is 32.5 Å². The maximum atomic E-state index is 6.30. The molecule has 3 heteroatoms. The molecule has 3 unspecified atom stereocenters. The third-order valence-electron chi connectivity index (χ3n) is 4.95. The third-order valence-corrected chi connectivity index (χ3v) is 4.95. The highest BCUT2D eigenvalue weighted by Gasteiger charge is 2.35. The van der Waals surface area contributed by atoms with Crippen LogP contribution in [-0.4, -0.2) is 42.5 Å². The predicted molar refractivity (Wildman–Crippen MR) is 79.0 cm³/mol. The first-order valence-electron chi connectivity index (χ1n) is 7.49. The highest BCUT2D eigenvalue weighted by atomic mass is 15.3. The number of hydrogen-bond acceptors (Lipinski definition) is 3. The number of hydrogen-bond donors (Lipinski definition) is 1. The Kier molecular flexibility index (Phi) is 3.61. The molecule has 0 saturated carbocycles. The van der Waals surface area contributed by atoms with E-state index in [0.717, 1.165) is 6.42 Å². The van der Waals surface area contributed by atoms with E-state index in [1.54, 1.807) is 0 Å². The summed E-state index contributed by atoms with van der Waals surface area (Å²) in [4.78, 5) is 5.15. The summed E-state index contributed by atoms with van der Waals surface area (Å²) in [6, 6.07) is 10.2. The van der Waals surface area contributed by atoms with E-state index < -0.39 is 0 Å².